The Balaban J connectivity index is -0.0000000337. The van der Waals surface area contributed by atoms with Gasteiger partial charge in [-0.2, -0.15) is 7.05 Å². The van der Waals surface area contributed by atoms with Gasteiger partial charge >= 0.3 is 33.9 Å². The van der Waals surface area contributed by atoms with E-state index in [1.807, 2.05) is 0 Å². The van der Waals surface area contributed by atoms with Crippen LogP contribution in [0.3, 0.4) is 0 Å². The number of aliphatic imine (C=N–C) groups is 1. The van der Waals surface area contributed by atoms with Gasteiger partial charge in [-0.3, -0.25) is 0 Å². The number of nitrogens with zero attached hydrogens (tertiary/aromatic N) is 1. The third-order valence-electron chi connectivity index (χ3n) is 0.416. The van der Waals surface area contributed by atoms with Crippen molar-refractivity contribution in [3.05, 3.63) is 57.3 Å². The predicted molar refractivity (Wildman–Crippen MR) is 42.6 cm³/mol. The summed E-state index contributed by atoms with van der Waals surface area (Å²) in [6.45, 7) is 13.5. The zero-order valence-corrected chi connectivity index (χ0v) is 9.78. The first-order valence-corrected chi connectivity index (χ1v) is 2.68. The van der Waals surface area contributed by atoms with E-state index in [1.165, 1.54) is 6.08 Å². The minimum atomic E-state index is 0. The molecule has 0 bridgehead atoms. The van der Waals surface area contributed by atoms with Crippen molar-refractivity contribution >= 4 is 6.08 Å². The van der Waals surface area contributed by atoms with Crippen molar-refractivity contribution in [1.82, 2.24) is 0 Å². The number of rotatable bonds is 0. The molecule has 84 valence electrons. The molecule has 0 spiro atoms. The molecule has 5 nitrogen and oxygen atoms in total. The van der Waals surface area contributed by atoms with Crippen LogP contribution >= 0.6 is 0 Å². The summed E-state index contributed by atoms with van der Waals surface area (Å²) in [6, 6.07) is 12.0. The van der Waals surface area contributed by atoms with Gasteiger partial charge in [0.2, 0.25) is 0 Å². The van der Waals surface area contributed by atoms with Gasteiger partial charge in [0.1, 0.15) is 0 Å². The molecule has 0 saturated heterocycles. The quantitative estimate of drug-likeness (QED) is 0.227. The minimum Gasteiger partial charge on any atom is -0.999 e. The van der Waals surface area contributed by atoms with Crippen LogP contribution < -0.4 is 0 Å². The van der Waals surface area contributed by atoms with Gasteiger partial charge in [0.15, 0.2) is 0 Å². The third-order valence-corrected chi connectivity index (χ3v) is 0.416. The first kappa shape index (κ1) is 29.3. The van der Waals surface area contributed by atoms with E-state index in [9.17, 15) is 0 Å². The van der Waals surface area contributed by atoms with Gasteiger partial charge in [0, 0.05) is 21.1 Å². The summed E-state index contributed by atoms with van der Waals surface area (Å²) >= 11 is 0. The molecular formula is C10H3MoNO4-6. The minimum absolute atomic E-state index is 0. The van der Waals surface area contributed by atoms with Crippen LogP contribution in [0.4, 0.5) is 0 Å². The van der Waals surface area contributed by atoms with Crippen LogP contribution in [0.25, 0.3) is 0 Å². The molecule has 0 saturated carbocycles. The first-order valence-electron chi connectivity index (χ1n) is 2.68. The molecule has 0 unspecified atom stereocenters. The Bertz CT molecular complexity index is 239. The van der Waals surface area contributed by atoms with Crippen LogP contribution in [0.2, 0.25) is 0 Å². The van der Waals surface area contributed by atoms with Crippen LogP contribution in [0.1, 0.15) is 0 Å². The molecule has 1 rings (SSSR count). The van der Waals surface area contributed by atoms with Crippen molar-refractivity contribution in [1.29, 1.82) is 0 Å². The van der Waals surface area contributed by atoms with E-state index in [2.05, 4.69) is 56.3 Å². The second-order valence-corrected chi connectivity index (χ2v) is 0.932. The second kappa shape index (κ2) is 69.7. The van der Waals surface area contributed by atoms with E-state index < -0.39 is 0 Å². The summed E-state index contributed by atoms with van der Waals surface area (Å²) in [7, 11) is 2.81. The Kier molecular flexibility index (Phi) is 127. The molecule has 0 aliphatic rings. The zero-order chi connectivity index (χ0) is 12.9. The number of carbonyl (C=O) groups excluding carboxylic acids is 1. The van der Waals surface area contributed by atoms with Crippen LogP contribution in [0, 0.1) is 51.3 Å². The molecule has 0 fully saturated rings. The van der Waals surface area contributed by atoms with E-state index in [0.29, 0.717) is 0 Å². The fraction of sp³-hybridized carbons (Fsp3) is 0. The SMILES string of the molecule is [C-]#[O+].[C-]#[O+].[C-]#[O+].[CH2-]N=C=O.[Mo].[c-]1[c-][c-][cH-][c-]1. The molecule has 0 aliphatic heterocycles. The van der Waals surface area contributed by atoms with Gasteiger partial charge in [-0.05, 0) is 6.08 Å². The smallest absolute Gasteiger partial charge is 0 e. The molecule has 0 radical (unpaired) electrons. The third kappa shape index (κ3) is 81.5. The second-order valence-electron chi connectivity index (χ2n) is 0.932. The van der Waals surface area contributed by atoms with E-state index in [1.54, 1.807) is 6.07 Å². The summed E-state index contributed by atoms with van der Waals surface area (Å²) in [5, 5.41) is 0. The number of hydrogen-bond acceptors (Lipinski definition) is 2. The van der Waals surface area contributed by atoms with Gasteiger partial charge in [-0.15, -0.1) is 0 Å². The summed E-state index contributed by atoms with van der Waals surface area (Å²) in [4.78, 5) is 11.5. The Morgan fingerprint density at radius 2 is 1.31 bits per heavy atom. The van der Waals surface area contributed by atoms with Gasteiger partial charge in [-0.25, -0.2) is 0 Å². The van der Waals surface area contributed by atoms with Gasteiger partial charge in [0.05, 0.1) is 0 Å². The molecule has 1 aromatic carbocycles. The molecule has 0 atom stereocenters. The molecule has 0 heterocycles. The molecule has 0 aromatic heterocycles. The van der Waals surface area contributed by atoms with Gasteiger partial charge in [0.25, 0.3) is 0 Å². The standard InChI is InChI=1S/C5H.C2H2NO.3CO.Mo/c1-2-4-5-3-1;1-3-2-4;3*1-2;/h1H;1H2;;;;/q-5;-1;;;;. The average Bonchev–Trinajstić information content (AvgIpc) is 2.95. The normalized spacial score (nSPS) is 3.88. The summed E-state index contributed by atoms with van der Waals surface area (Å²) in [5.41, 5.74) is 0. The van der Waals surface area contributed by atoms with Crippen molar-refractivity contribution in [3.8, 4) is 0 Å². The van der Waals surface area contributed by atoms with Crippen molar-refractivity contribution < 1.29 is 39.8 Å². The Hall–Kier alpha value is -1.49. The molecule has 0 amide bonds. The van der Waals surface area contributed by atoms with Crippen LogP contribution in [0.15, 0.2) is 11.1 Å². The van der Waals surface area contributed by atoms with E-state index in [-0.39, 0.29) is 21.1 Å². The molecule has 0 aliphatic carbocycles. The van der Waals surface area contributed by atoms with Crippen molar-refractivity contribution in [2.75, 3.05) is 0 Å². The molecular weight excluding hydrogens is 294 g/mol. The average molecular weight is 297 g/mol. The topological polar surface area (TPSA) is 89.1 Å². The van der Waals surface area contributed by atoms with Crippen LogP contribution in [-0.4, -0.2) is 6.08 Å². The van der Waals surface area contributed by atoms with Crippen molar-refractivity contribution in [2.24, 2.45) is 4.99 Å². The summed E-state index contributed by atoms with van der Waals surface area (Å²) in [5.74, 6) is 0. The van der Waals surface area contributed by atoms with E-state index in [4.69, 9.17) is 18.8 Å². The first-order chi connectivity index (χ1) is 7.41. The van der Waals surface area contributed by atoms with Crippen molar-refractivity contribution in [3.63, 3.8) is 0 Å². The van der Waals surface area contributed by atoms with Gasteiger partial charge < -0.3 is 40.1 Å². The number of hydrogen-bond donors (Lipinski definition) is 0. The van der Waals surface area contributed by atoms with E-state index in [0.717, 1.165) is 0 Å². The summed E-state index contributed by atoms with van der Waals surface area (Å²) < 4.78 is 22.5. The Morgan fingerprint density at radius 3 is 1.38 bits per heavy atom. The fourth-order valence-electron chi connectivity index (χ4n) is 0.180. The molecule has 16 heavy (non-hydrogen) atoms. The van der Waals surface area contributed by atoms with Crippen LogP contribution in [0.5, 0.6) is 0 Å². The number of isocyanates is 1. The molecule has 6 heteroatoms. The Labute approximate surface area is 108 Å². The monoisotopic (exact) mass is 299 g/mol. The molecule has 1 aromatic rings. The fourth-order valence-corrected chi connectivity index (χ4v) is 0.180. The largest absolute Gasteiger partial charge is 0.999 e. The van der Waals surface area contributed by atoms with Crippen molar-refractivity contribution in [2.45, 2.75) is 0 Å². The maximum Gasteiger partial charge on any atom is 0 e. The Morgan fingerprint density at radius 1 is 1.06 bits per heavy atom. The zero-order valence-electron chi connectivity index (χ0n) is 7.77. The maximum absolute atomic E-state index is 8.82. The molecule has 0 N–H and O–H groups in total. The van der Waals surface area contributed by atoms with E-state index >= 15 is 0 Å². The van der Waals surface area contributed by atoms with Gasteiger partial charge in [-0.1, -0.05) is 0 Å². The summed E-state index contributed by atoms with van der Waals surface area (Å²) in [6.07, 6.45) is 1.19. The predicted octanol–water partition coefficient (Wildman–Crippen LogP) is 0.605. The maximum atomic E-state index is 8.82. The van der Waals surface area contributed by atoms with Crippen LogP contribution in [-0.2, 0) is 39.8 Å².